The van der Waals surface area contributed by atoms with Gasteiger partial charge < -0.3 is 34.3 Å². The summed E-state index contributed by atoms with van der Waals surface area (Å²) in [6, 6.07) is 0.606. The van der Waals surface area contributed by atoms with E-state index in [0.717, 1.165) is 0 Å². The van der Waals surface area contributed by atoms with E-state index < -0.39 is 27.1 Å². The minimum absolute atomic E-state index is 0.108. The summed E-state index contributed by atoms with van der Waals surface area (Å²) in [6.07, 6.45) is -0.521. The minimum atomic E-state index is -2.59. The van der Waals surface area contributed by atoms with Crippen LogP contribution in [0.15, 0.2) is 0 Å². The molecule has 3 atom stereocenters. The van der Waals surface area contributed by atoms with Gasteiger partial charge in [0, 0.05) is 40.3 Å². The first kappa shape index (κ1) is 19.9. The fourth-order valence-electron chi connectivity index (χ4n) is 2.05. The standard InChI is InChI=1S/C12H29NO6Si/c1-17-20(18-2,19-3)6-4-5-10(14)7-11(15)8-12(16)9-13/h10-12,14-16H,4-9,13H2,1-3H3. The number of aliphatic hydroxyl groups is 3. The Morgan fingerprint density at radius 1 is 0.900 bits per heavy atom. The smallest absolute Gasteiger partial charge is 0.393 e. The molecule has 0 aliphatic carbocycles. The van der Waals surface area contributed by atoms with Crippen LogP contribution in [0.1, 0.15) is 25.7 Å². The number of rotatable bonds is 12. The molecule has 0 saturated carbocycles. The summed E-state index contributed by atoms with van der Waals surface area (Å²) in [4.78, 5) is 0. The molecule has 3 unspecified atom stereocenters. The molecule has 5 N–H and O–H groups in total. The summed E-state index contributed by atoms with van der Waals surface area (Å²) >= 11 is 0. The SMILES string of the molecule is CO[Si](CCCC(O)CC(O)CC(O)CN)(OC)OC. The second kappa shape index (κ2) is 10.6. The molecule has 0 rings (SSSR count). The van der Waals surface area contributed by atoms with Crippen LogP contribution < -0.4 is 5.73 Å². The Hall–Kier alpha value is -0.0631. The molecule has 0 aliphatic heterocycles. The predicted molar refractivity (Wildman–Crippen MR) is 77.1 cm³/mol. The van der Waals surface area contributed by atoms with Gasteiger partial charge in [-0.1, -0.05) is 0 Å². The van der Waals surface area contributed by atoms with Crippen LogP contribution in [0.25, 0.3) is 0 Å². The average molecular weight is 311 g/mol. The van der Waals surface area contributed by atoms with Gasteiger partial charge in [0.2, 0.25) is 0 Å². The van der Waals surface area contributed by atoms with Crippen molar-refractivity contribution in [2.75, 3.05) is 27.9 Å². The number of aliphatic hydroxyl groups excluding tert-OH is 3. The second-order valence-electron chi connectivity index (χ2n) is 4.86. The highest BCUT2D eigenvalue weighted by molar-refractivity contribution is 6.60. The summed E-state index contributed by atoms with van der Waals surface area (Å²) in [7, 11) is 2.06. The van der Waals surface area contributed by atoms with Crippen molar-refractivity contribution < 1.29 is 28.6 Å². The summed E-state index contributed by atoms with van der Waals surface area (Å²) in [5.74, 6) is 0. The largest absolute Gasteiger partial charge is 0.500 e. The van der Waals surface area contributed by atoms with Gasteiger partial charge in [0.1, 0.15) is 0 Å². The van der Waals surface area contributed by atoms with Gasteiger partial charge in [-0.15, -0.1) is 0 Å². The van der Waals surface area contributed by atoms with Crippen molar-refractivity contribution in [2.24, 2.45) is 5.73 Å². The summed E-state index contributed by atoms with van der Waals surface area (Å²) < 4.78 is 15.8. The Kier molecular flexibility index (Phi) is 10.6. The third-order valence-corrected chi connectivity index (χ3v) is 6.15. The van der Waals surface area contributed by atoms with E-state index in [1.807, 2.05) is 0 Å². The second-order valence-corrected chi connectivity index (χ2v) is 7.95. The molecule has 0 aromatic carbocycles. The number of nitrogens with two attached hydrogens (primary N) is 1. The summed E-state index contributed by atoms with van der Waals surface area (Å²) in [5, 5.41) is 28.8. The van der Waals surface area contributed by atoms with Gasteiger partial charge in [-0.25, -0.2) is 0 Å². The molecule has 0 aliphatic rings. The first-order valence-electron chi connectivity index (χ1n) is 6.82. The zero-order chi connectivity index (χ0) is 15.6. The van der Waals surface area contributed by atoms with Gasteiger partial charge in [-0.2, -0.15) is 0 Å². The lowest BCUT2D eigenvalue weighted by molar-refractivity contribution is 0.0389. The lowest BCUT2D eigenvalue weighted by Gasteiger charge is -2.25. The summed E-state index contributed by atoms with van der Waals surface area (Å²) in [5.41, 5.74) is 5.26. The van der Waals surface area contributed by atoms with E-state index >= 15 is 0 Å². The maximum absolute atomic E-state index is 9.84. The maximum atomic E-state index is 9.84. The Morgan fingerprint density at radius 2 is 1.40 bits per heavy atom. The highest BCUT2D eigenvalue weighted by Gasteiger charge is 2.37. The molecule has 0 radical (unpaired) electrons. The molecule has 0 aromatic rings. The van der Waals surface area contributed by atoms with Crippen molar-refractivity contribution in [3.8, 4) is 0 Å². The quantitative estimate of drug-likeness (QED) is 0.358. The van der Waals surface area contributed by atoms with Crippen LogP contribution in [-0.2, 0) is 13.3 Å². The zero-order valence-corrected chi connectivity index (χ0v) is 13.6. The maximum Gasteiger partial charge on any atom is 0.500 e. The first-order valence-corrected chi connectivity index (χ1v) is 8.75. The van der Waals surface area contributed by atoms with E-state index in [9.17, 15) is 15.3 Å². The van der Waals surface area contributed by atoms with E-state index in [-0.39, 0.29) is 19.4 Å². The van der Waals surface area contributed by atoms with E-state index in [1.165, 1.54) is 0 Å². The van der Waals surface area contributed by atoms with E-state index in [1.54, 1.807) is 21.3 Å². The molecule has 0 bridgehead atoms. The minimum Gasteiger partial charge on any atom is -0.393 e. The van der Waals surface area contributed by atoms with E-state index in [4.69, 9.17) is 19.0 Å². The lowest BCUT2D eigenvalue weighted by Crippen LogP contribution is -2.42. The van der Waals surface area contributed by atoms with Gasteiger partial charge in [0.05, 0.1) is 18.3 Å². The van der Waals surface area contributed by atoms with Crippen molar-refractivity contribution in [1.82, 2.24) is 0 Å². The molecule has 8 heteroatoms. The lowest BCUT2D eigenvalue weighted by atomic mass is 10.0. The third kappa shape index (κ3) is 7.65. The molecule has 0 amide bonds. The van der Waals surface area contributed by atoms with Crippen molar-refractivity contribution in [3.63, 3.8) is 0 Å². The van der Waals surface area contributed by atoms with Crippen molar-refractivity contribution in [1.29, 1.82) is 0 Å². The van der Waals surface area contributed by atoms with E-state index in [2.05, 4.69) is 0 Å². The first-order chi connectivity index (χ1) is 9.42. The topological polar surface area (TPSA) is 114 Å². The Balaban J connectivity index is 3.95. The van der Waals surface area contributed by atoms with Crippen molar-refractivity contribution in [3.05, 3.63) is 0 Å². The Labute approximate surface area is 122 Å². The van der Waals surface area contributed by atoms with Gasteiger partial charge in [0.25, 0.3) is 0 Å². The molecule has 122 valence electrons. The van der Waals surface area contributed by atoms with Crippen LogP contribution in [0.2, 0.25) is 6.04 Å². The third-order valence-electron chi connectivity index (χ3n) is 3.31. The molecule has 0 spiro atoms. The highest BCUT2D eigenvalue weighted by atomic mass is 28.4. The van der Waals surface area contributed by atoms with Gasteiger partial charge in [0.15, 0.2) is 0 Å². The normalized spacial score (nSPS) is 16.9. The molecule has 20 heavy (non-hydrogen) atoms. The number of hydrogen-bond donors (Lipinski definition) is 4. The van der Waals surface area contributed by atoms with Crippen LogP contribution in [0.3, 0.4) is 0 Å². The summed E-state index contributed by atoms with van der Waals surface area (Å²) in [6.45, 7) is 0.108. The van der Waals surface area contributed by atoms with Gasteiger partial charge in [-0.3, -0.25) is 0 Å². The fraction of sp³-hybridized carbons (Fsp3) is 1.00. The molecular weight excluding hydrogens is 282 g/mol. The molecule has 0 heterocycles. The average Bonchev–Trinajstić information content (AvgIpc) is 2.43. The molecule has 0 fully saturated rings. The predicted octanol–water partition coefficient (Wildman–Crippen LogP) is -0.534. The molecule has 0 aromatic heterocycles. The van der Waals surface area contributed by atoms with Gasteiger partial charge >= 0.3 is 8.80 Å². The van der Waals surface area contributed by atoms with Crippen molar-refractivity contribution >= 4 is 8.80 Å². The van der Waals surface area contributed by atoms with E-state index in [0.29, 0.717) is 18.9 Å². The molecule has 0 saturated heterocycles. The monoisotopic (exact) mass is 311 g/mol. The van der Waals surface area contributed by atoms with Crippen LogP contribution in [-0.4, -0.2) is 70.3 Å². The fourth-order valence-corrected chi connectivity index (χ4v) is 3.80. The number of hydrogen-bond acceptors (Lipinski definition) is 7. The Morgan fingerprint density at radius 3 is 1.85 bits per heavy atom. The Bertz CT molecular complexity index is 234. The van der Waals surface area contributed by atoms with Crippen LogP contribution >= 0.6 is 0 Å². The van der Waals surface area contributed by atoms with Crippen LogP contribution in [0.5, 0.6) is 0 Å². The van der Waals surface area contributed by atoms with Crippen LogP contribution in [0.4, 0.5) is 0 Å². The van der Waals surface area contributed by atoms with Crippen LogP contribution in [0, 0.1) is 0 Å². The zero-order valence-electron chi connectivity index (χ0n) is 12.6. The highest BCUT2D eigenvalue weighted by Crippen LogP contribution is 2.18. The molecule has 7 nitrogen and oxygen atoms in total. The van der Waals surface area contributed by atoms with Crippen molar-refractivity contribution in [2.45, 2.75) is 50.0 Å². The van der Waals surface area contributed by atoms with Gasteiger partial charge in [-0.05, 0) is 19.3 Å². The molecular formula is C12H29NO6Si.